The second kappa shape index (κ2) is 10.7. The maximum absolute atomic E-state index is 11.9. The number of benzene rings is 3. The first-order valence-electron chi connectivity index (χ1n) is 10.1. The van der Waals surface area contributed by atoms with Gasteiger partial charge in [-0.25, -0.2) is 14.6 Å². The predicted molar refractivity (Wildman–Crippen MR) is 121 cm³/mol. The van der Waals surface area contributed by atoms with E-state index in [1.54, 1.807) is 62.4 Å². The van der Waals surface area contributed by atoms with Crippen molar-refractivity contribution in [3.05, 3.63) is 95.6 Å². The summed E-state index contributed by atoms with van der Waals surface area (Å²) in [6.07, 6.45) is 0. The highest BCUT2D eigenvalue weighted by atomic mass is 16.5. The SMILES string of the molecule is CCOC(=O)c1ccc(/N=C(/Nc2ccc(C(=O)OCC)cc2)c2ccccc2)cc1. The summed E-state index contributed by atoms with van der Waals surface area (Å²) in [6.45, 7) is 4.21. The molecule has 0 aliphatic heterocycles. The molecule has 158 valence electrons. The highest BCUT2D eigenvalue weighted by Gasteiger charge is 2.09. The molecule has 0 spiro atoms. The molecule has 3 rings (SSSR count). The van der Waals surface area contributed by atoms with Gasteiger partial charge in [0.05, 0.1) is 30.0 Å². The van der Waals surface area contributed by atoms with Gasteiger partial charge in [0, 0.05) is 11.3 Å². The number of aliphatic imine (C=N–C) groups is 1. The van der Waals surface area contributed by atoms with Crippen molar-refractivity contribution in [3.63, 3.8) is 0 Å². The Labute approximate surface area is 181 Å². The number of rotatable bonds is 7. The Hall–Kier alpha value is -3.93. The lowest BCUT2D eigenvalue weighted by Crippen LogP contribution is -2.13. The van der Waals surface area contributed by atoms with Crippen molar-refractivity contribution in [1.82, 2.24) is 0 Å². The minimum atomic E-state index is -0.360. The molecule has 0 saturated carbocycles. The van der Waals surface area contributed by atoms with Gasteiger partial charge >= 0.3 is 11.9 Å². The number of amidine groups is 1. The Balaban J connectivity index is 1.86. The molecule has 31 heavy (non-hydrogen) atoms. The molecule has 0 aliphatic carbocycles. The van der Waals surface area contributed by atoms with Crippen LogP contribution < -0.4 is 5.32 Å². The van der Waals surface area contributed by atoms with Crippen LogP contribution in [0.15, 0.2) is 83.9 Å². The standard InChI is InChI=1S/C25H24N2O4/c1-3-30-24(28)19-10-14-21(15-11-19)26-23(18-8-6-5-7-9-18)27-22-16-12-20(13-17-22)25(29)31-4-2/h5-17H,3-4H2,1-2H3,(H,26,27). The van der Waals surface area contributed by atoms with Crippen molar-refractivity contribution < 1.29 is 19.1 Å². The van der Waals surface area contributed by atoms with Gasteiger partial charge in [0.2, 0.25) is 0 Å². The fraction of sp³-hybridized carbons (Fsp3) is 0.160. The van der Waals surface area contributed by atoms with Gasteiger partial charge in [-0.05, 0) is 62.4 Å². The Morgan fingerprint density at radius 1 is 0.710 bits per heavy atom. The summed E-state index contributed by atoms with van der Waals surface area (Å²) in [5, 5.41) is 3.31. The summed E-state index contributed by atoms with van der Waals surface area (Å²) in [6, 6.07) is 23.6. The molecule has 0 bridgehead atoms. The van der Waals surface area contributed by atoms with Gasteiger partial charge in [-0.2, -0.15) is 0 Å². The normalized spacial score (nSPS) is 11.0. The average Bonchev–Trinajstić information content (AvgIpc) is 2.80. The monoisotopic (exact) mass is 416 g/mol. The second-order valence-corrected chi connectivity index (χ2v) is 6.52. The first-order valence-corrected chi connectivity index (χ1v) is 10.1. The van der Waals surface area contributed by atoms with Crippen LogP contribution in [-0.4, -0.2) is 31.0 Å². The van der Waals surface area contributed by atoms with Crippen molar-refractivity contribution in [3.8, 4) is 0 Å². The van der Waals surface area contributed by atoms with Crippen LogP contribution in [0.4, 0.5) is 11.4 Å². The van der Waals surface area contributed by atoms with Crippen molar-refractivity contribution >= 4 is 29.1 Å². The topological polar surface area (TPSA) is 77.0 Å². The van der Waals surface area contributed by atoms with Crippen molar-refractivity contribution in [2.75, 3.05) is 18.5 Å². The molecular formula is C25H24N2O4. The average molecular weight is 416 g/mol. The molecule has 0 aromatic heterocycles. The smallest absolute Gasteiger partial charge is 0.338 e. The molecule has 6 heteroatoms. The number of hydrogen-bond acceptors (Lipinski definition) is 5. The maximum atomic E-state index is 11.9. The minimum Gasteiger partial charge on any atom is -0.462 e. The largest absolute Gasteiger partial charge is 0.462 e. The van der Waals surface area contributed by atoms with E-state index in [0.29, 0.717) is 35.9 Å². The minimum absolute atomic E-state index is 0.329. The van der Waals surface area contributed by atoms with E-state index in [1.165, 1.54) is 0 Å². The lowest BCUT2D eigenvalue weighted by molar-refractivity contribution is 0.0517. The van der Waals surface area contributed by atoms with Gasteiger partial charge in [0.25, 0.3) is 0 Å². The van der Waals surface area contributed by atoms with E-state index in [2.05, 4.69) is 5.32 Å². The number of anilines is 1. The number of nitrogens with zero attached hydrogens (tertiary/aromatic N) is 1. The quantitative estimate of drug-likeness (QED) is 0.324. The van der Waals surface area contributed by atoms with Crippen molar-refractivity contribution in [1.29, 1.82) is 0 Å². The summed E-state index contributed by atoms with van der Waals surface area (Å²) >= 11 is 0. The van der Waals surface area contributed by atoms with Crippen LogP contribution in [0.5, 0.6) is 0 Å². The van der Waals surface area contributed by atoms with E-state index in [4.69, 9.17) is 14.5 Å². The molecule has 0 unspecified atom stereocenters. The zero-order chi connectivity index (χ0) is 22.1. The van der Waals surface area contributed by atoms with Crippen LogP contribution in [0.25, 0.3) is 0 Å². The molecule has 6 nitrogen and oxygen atoms in total. The number of esters is 2. The van der Waals surface area contributed by atoms with E-state index < -0.39 is 0 Å². The fourth-order valence-electron chi connectivity index (χ4n) is 2.82. The zero-order valence-corrected chi connectivity index (χ0v) is 17.5. The summed E-state index contributed by atoms with van der Waals surface area (Å²) < 4.78 is 10.0. The predicted octanol–water partition coefficient (Wildman–Crippen LogP) is 5.23. The molecule has 0 heterocycles. The van der Waals surface area contributed by atoms with Crippen LogP contribution in [-0.2, 0) is 9.47 Å². The summed E-state index contributed by atoms with van der Waals surface area (Å²) in [4.78, 5) is 28.4. The lowest BCUT2D eigenvalue weighted by Gasteiger charge is -2.11. The number of hydrogen-bond donors (Lipinski definition) is 1. The van der Waals surface area contributed by atoms with Crippen LogP contribution in [0.2, 0.25) is 0 Å². The number of ether oxygens (including phenoxy) is 2. The molecular weight excluding hydrogens is 392 g/mol. The zero-order valence-electron chi connectivity index (χ0n) is 17.5. The molecule has 1 N–H and O–H groups in total. The Morgan fingerprint density at radius 3 is 1.74 bits per heavy atom. The van der Waals surface area contributed by atoms with E-state index in [9.17, 15) is 9.59 Å². The molecule has 0 atom stereocenters. The second-order valence-electron chi connectivity index (χ2n) is 6.52. The molecule has 0 radical (unpaired) electrons. The third-order valence-electron chi connectivity index (χ3n) is 4.33. The van der Waals surface area contributed by atoms with E-state index >= 15 is 0 Å². The molecule has 0 aliphatic rings. The van der Waals surface area contributed by atoms with Gasteiger partial charge in [0.1, 0.15) is 5.84 Å². The van der Waals surface area contributed by atoms with E-state index in [-0.39, 0.29) is 11.9 Å². The van der Waals surface area contributed by atoms with Crippen LogP contribution in [0.3, 0.4) is 0 Å². The summed E-state index contributed by atoms with van der Waals surface area (Å²) in [5.41, 5.74) is 3.32. The molecule has 0 saturated heterocycles. The van der Waals surface area contributed by atoms with Crippen molar-refractivity contribution in [2.24, 2.45) is 4.99 Å². The number of carbonyl (C=O) groups excluding carboxylic acids is 2. The highest BCUT2D eigenvalue weighted by molar-refractivity contribution is 6.09. The third-order valence-corrected chi connectivity index (χ3v) is 4.33. The summed E-state index contributed by atoms with van der Waals surface area (Å²) in [7, 11) is 0. The van der Waals surface area contributed by atoms with E-state index in [0.717, 1.165) is 11.3 Å². The maximum Gasteiger partial charge on any atom is 0.338 e. The first kappa shape index (κ1) is 21.8. The molecule has 0 fully saturated rings. The first-order chi connectivity index (χ1) is 15.1. The van der Waals surface area contributed by atoms with Gasteiger partial charge in [-0.3, -0.25) is 0 Å². The lowest BCUT2D eigenvalue weighted by atomic mass is 10.1. The van der Waals surface area contributed by atoms with Gasteiger partial charge in [0.15, 0.2) is 0 Å². The highest BCUT2D eigenvalue weighted by Crippen LogP contribution is 2.18. The van der Waals surface area contributed by atoms with Gasteiger partial charge in [-0.1, -0.05) is 30.3 Å². The molecule has 0 amide bonds. The Bertz CT molecular complexity index is 1040. The Kier molecular flexibility index (Phi) is 7.54. The van der Waals surface area contributed by atoms with Crippen LogP contribution in [0, 0.1) is 0 Å². The van der Waals surface area contributed by atoms with Crippen molar-refractivity contribution in [2.45, 2.75) is 13.8 Å². The number of nitrogens with one attached hydrogen (secondary N) is 1. The number of carbonyl (C=O) groups is 2. The fourth-order valence-corrected chi connectivity index (χ4v) is 2.82. The van der Waals surface area contributed by atoms with Crippen LogP contribution >= 0.6 is 0 Å². The van der Waals surface area contributed by atoms with E-state index in [1.807, 2.05) is 30.3 Å². The molecule has 3 aromatic carbocycles. The van der Waals surface area contributed by atoms with Crippen LogP contribution in [0.1, 0.15) is 40.1 Å². The molecule has 3 aromatic rings. The summed E-state index contributed by atoms with van der Waals surface area (Å²) in [5.74, 6) is -0.0813. The van der Waals surface area contributed by atoms with Gasteiger partial charge < -0.3 is 14.8 Å². The third kappa shape index (κ3) is 6.02. The van der Waals surface area contributed by atoms with Gasteiger partial charge in [-0.15, -0.1) is 0 Å². The Morgan fingerprint density at radius 2 is 1.23 bits per heavy atom.